The smallest absolute Gasteiger partial charge is 0.123 e. The van der Waals surface area contributed by atoms with Crippen molar-refractivity contribution in [2.24, 2.45) is 0 Å². The Balaban J connectivity index is 1.89. The summed E-state index contributed by atoms with van der Waals surface area (Å²) in [7, 11) is 1.72. The summed E-state index contributed by atoms with van der Waals surface area (Å²) in [5, 5.41) is 3.53. The summed E-state index contributed by atoms with van der Waals surface area (Å²) in [5.41, 5.74) is 1.20. The van der Waals surface area contributed by atoms with E-state index in [4.69, 9.17) is 9.47 Å². The molecule has 3 unspecified atom stereocenters. The number of methoxy groups -OCH3 is 1. The zero-order valence-corrected chi connectivity index (χ0v) is 11.5. The van der Waals surface area contributed by atoms with Crippen LogP contribution in [0, 0.1) is 0 Å². The van der Waals surface area contributed by atoms with E-state index in [0.29, 0.717) is 12.2 Å². The molecule has 1 heterocycles. The Kier molecular flexibility index (Phi) is 4.61. The Morgan fingerprint density at radius 2 is 2.17 bits per heavy atom. The number of hydrogen-bond donors (Lipinski definition) is 1. The van der Waals surface area contributed by atoms with Gasteiger partial charge in [0.15, 0.2) is 0 Å². The van der Waals surface area contributed by atoms with Crippen molar-refractivity contribution in [2.45, 2.75) is 44.9 Å². The van der Waals surface area contributed by atoms with Crippen LogP contribution in [0.5, 0.6) is 5.75 Å². The quantitative estimate of drug-likeness (QED) is 0.870. The van der Waals surface area contributed by atoms with Crippen molar-refractivity contribution in [2.75, 3.05) is 13.7 Å². The normalized spacial score (nSPS) is 25.1. The van der Waals surface area contributed by atoms with Crippen molar-refractivity contribution in [1.82, 2.24) is 5.32 Å². The van der Waals surface area contributed by atoms with Crippen molar-refractivity contribution >= 4 is 0 Å². The summed E-state index contributed by atoms with van der Waals surface area (Å²) in [6.45, 7) is 5.21. The number of para-hydroxylation sites is 1. The molecule has 1 saturated heterocycles. The zero-order chi connectivity index (χ0) is 13.0. The second kappa shape index (κ2) is 6.21. The molecule has 1 aromatic carbocycles. The Morgan fingerprint density at radius 1 is 1.39 bits per heavy atom. The molecule has 1 aliphatic rings. The van der Waals surface area contributed by atoms with Gasteiger partial charge in [0.05, 0.1) is 19.3 Å². The number of nitrogens with one attached hydrogen (secondary N) is 1. The van der Waals surface area contributed by atoms with Gasteiger partial charge in [0.25, 0.3) is 0 Å². The molecular formula is C15H23NO2. The molecule has 18 heavy (non-hydrogen) atoms. The van der Waals surface area contributed by atoms with Crippen LogP contribution in [0.15, 0.2) is 24.3 Å². The average Bonchev–Trinajstić information content (AvgIpc) is 2.81. The fourth-order valence-electron chi connectivity index (χ4n) is 2.48. The lowest BCUT2D eigenvalue weighted by atomic mass is 10.1. The van der Waals surface area contributed by atoms with E-state index in [1.807, 2.05) is 18.2 Å². The van der Waals surface area contributed by atoms with Crippen LogP contribution in [-0.4, -0.2) is 25.9 Å². The average molecular weight is 249 g/mol. The Morgan fingerprint density at radius 3 is 2.83 bits per heavy atom. The van der Waals surface area contributed by atoms with Gasteiger partial charge >= 0.3 is 0 Å². The maximum Gasteiger partial charge on any atom is 0.123 e. The third kappa shape index (κ3) is 3.24. The summed E-state index contributed by atoms with van der Waals surface area (Å²) >= 11 is 0. The number of hydrogen-bond acceptors (Lipinski definition) is 3. The van der Waals surface area contributed by atoms with Crippen molar-refractivity contribution in [3.05, 3.63) is 29.8 Å². The predicted molar refractivity (Wildman–Crippen MR) is 73.0 cm³/mol. The summed E-state index contributed by atoms with van der Waals surface area (Å²) in [6, 6.07) is 8.43. The van der Waals surface area contributed by atoms with Crippen molar-refractivity contribution in [3.63, 3.8) is 0 Å². The third-order valence-electron chi connectivity index (χ3n) is 3.58. The van der Waals surface area contributed by atoms with Gasteiger partial charge in [0.1, 0.15) is 5.75 Å². The van der Waals surface area contributed by atoms with Crippen LogP contribution in [0.2, 0.25) is 0 Å². The van der Waals surface area contributed by atoms with Crippen LogP contribution < -0.4 is 10.1 Å². The molecule has 0 saturated carbocycles. The zero-order valence-electron chi connectivity index (χ0n) is 11.5. The van der Waals surface area contributed by atoms with Gasteiger partial charge in [0, 0.05) is 18.2 Å². The molecule has 0 aromatic heterocycles. The monoisotopic (exact) mass is 249 g/mol. The van der Waals surface area contributed by atoms with Crippen LogP contribution in [-0.2, 0) is 4.74 Å². The summed E-state index contributed by atoms with van der Waals surface area (Å²) in [6.07, 6.45) is 3.11. The van der Waals surface area contributed by atoms with E-state index < -0.39 is 0 Å². The third-order valence-corrected chi connectivity index (χ3v) is 3.58. The minimum Gasteiger partial charge on any atom is -0.496 e. The van der Waals surface area contributed by atoms with Crippen LogP contribution in [0.4, 0.5) is 0 Å². The Hall–Kier alpha value is -1.06. The maximum absolute atomic E-state index is 5.81. The minimum atomic E-state index is 0.278. The van der Waals surface area contributed by atoms with Crippen LogP contribution >= 0.6 is 0 Å². The first-order chi connectivity index (χ1) is 8.70. The van der Waals surface area contributed by atoms with E-state index in [1.165, 1.54) is 12.0 Å². The van der Waals surface area contributed by atoms with Crippen LogP contribution in [0.25, 0.3) is 0 Å². The fourth-order valence-corrected chi connectivity index (χ4v) is 2.48. The molecule has 3 nitrogen and oxygen atoms in total. The lowest BCUT2D eigenvalue weighted by Crippen LogP contribution is -2.29. The van der Waals surface area contributed by atoms with Gasteiger partial charge in [-0.15, -0.1) is 0 Å². The molecule has 0 amide bonds. The molecule has 0 spiro atoms. The summed E-state index contributed by atoms with van der Waals surface area (Å²) in [5.74, 6) is 0.943. The van der Waals surface area contributed by atoms with Gasteiger partial charge in [-0.05, 0) is 32.8 Å². The second-order valence-electron chi connectivity index (χ2n) is 5.02. The minimum absolute atomic E-state index is 0.278. The molecular weight excluding hydrogens is 226 g/mol. The molecule has 100 valence electrons. The first-order valence-electron chi connectivity index (χ1n) is 6.72. The highest BCUT2D eigenvalue weighted by molar-refractivity contribution is 5.35. The molecule has 0 bridgehead atoms. The van der Waals surface area contributed by atoms with Gasteiger partial charge in [-0.1, -0.05) is 18.2 Å². The lowest BCUT2D eigenvalue weighted by molar-refractivity contribution is 0.0546. The summed E-state index contributed by atoms with van der Waals surface area (Å²) in [4.78, 5) is 0. The van der Waals surface area contributed by atoms with Crippen LogP contribution in [0.3, 0.4) is 0 Å². The standard InChI is InChI=1S/C15H23NO2/c1-11-8-9-13(18-11)10-16-12(2)14-6-4-5-7-15(14)17-3/h4-7,11-13,16H,8-10H2,1-3H3. The van der Waals surface area contributed by atoms with E-state index in [1.54, 1.807) is 7.11 Å². The van der Waals surface area contributed by atoms with E-state index in [9.17, 15) is 0 Å². The Bertz CT molecular complexity index is 381. The second-order valence-corrected chi connectivity index (χ2v) is 5.02. The van der Waals surface area contributed by atoms with Gasteiger partial charge in [0.2, 0.25) is 0 Å². The fraction of sp³-hybridized carbons (Fsp3) is 0.600. The highest BCUT2D eigenvalue weighted by Gasteiger charge is 2.22. The van der Waals surface area contributed by atoms with Crippen molar-refractivity contribution in [3.8, 4) is 5.75 Å². The largest absolute Gasteiger partial charge is 0.496 e. The Labute approximate surface area is 109 Å². The SMILES string of the molecule is COc1ccccc1C(C)NCC1CCC(C)O1. The van der Waals surface area contributed by atoms with E-state index >= 15 is 0 Å². The molecule has 1 aromatic rings. The highest BCUT2D eigenvalue weighted by atomic mass is 16.5. The maximum atomic E-state index is 5.81. The number of rotatable bonds is 5. The van der Waals surface area contributed by atoms with Gasteiger partial charge in [-0.2, -0.15) is 0 Å². The van der Waals surface area contributed by atoms with Gasteiger partial charge in [-0.3, -0.25) is 0 Å². The van der Waals surface area contributed by atoms with E-state index in [0.717, 1.165) is 18.7 Å². The number of ether oxygens (including phenoxy) is 2. The molecule has 0 aliphatic carbocycles. The summed E-state index contributed by atoms with van der Waals surface area (Å²) < 4.78 is 11.2. The van der Waals surface area contributed by atoms with Crippen LogP contribution in [0.1, 0.15) is 38.3 Å². The first-order valence-corrected chi connectivity index (χ1v) is 6.72. The van der Waals surface area contributed by atoms with Gasteiger partial charge in [-0.25, -0.2) is 0 Å². The van der Waals surface area contributed by atoms with E-state index in [-0.39, 0.29) is 6.04 Å². The van der Waals surface area contributed by atoms with Crippen molar-refractivity contribution in [1.29, 1.82) is 0 Å². The molecule has 3 heteroatoms. The first kappa shape index (κ1) is 13.4. The van der Waals surface area contributed by atoms with Gasteiger partial charge < -0.3 is 14.8 Å². The van der Waals surface area contributed by atoms with Crippen molar-refractivity contribution < 1.29 is 9.47 Å². The topological polar surface area (TPSA) is 30.5 Å². The molecule has 2 rings (SSSR count). The predicted octanol–water partition coefficient (Wildman–Crippen LogP) is 2.91. The highest BCUT2D eigenvalue weighted by Crippen LogP contribution is 2.25. The lowest BCUT2D eigenvalue weighted by Gasteiger charge is -2.19. The molecule has 1 N–H and O–H groups in total. The van der Waals surface area contributed by atoms with E-state index in [2.05, 4.69) is 25.2 Å². The molecule has 1 aliphatic heterocycles. The molecule has 0 radical (unpaired) electrons. The number of benzene rings is 1. The molecule has 3 atom stereocenters. The molecule has 1 fully saturated rings.